The summed E-state index contributed by atoms with van der Waals surface area (Å²) >= 11 is 17.5. The Bertz CT molecular complexity index is 606. The highest BCUT2D eigenvalue weighted by molar-refractivity contribution is 7.71. The Labute approximate surface area is 127 Å². The summed E-state index contributed by atoms with van der Waals surface area (Å²) in [6, 6.07) is 5.93. The molecular formula is C13H15Cl2N3S. The standard InChI is InChI=1S/C13H15Cl2N3S/c1-2-4-10(18-13(19)16-8-17-18)7-9-5-3-6-11(14)12(9)15/h3,5-6,8,10H,2,4,7H2,1H3,(H,16,17,19). The van der Waals surface area contributed by atoms with E-state index in [1.807, 2.05) is 16.8 Å². The van der Waals surface area contributed by atoms with Crippen LogP contribution in [0.4, 0.5) is 0 Å². The van der Waals surface area contributed by atoms with Crippen LogP contribution in [0.2, 0.25) is 10.0 Å². The van der Waals surface area contributed by atoms with E-state index >= 15 is 0 Å². The zero-order valence-corrected chi connectivity index (χ0v) is 12.9. The highest BCUT2D eigenvalue weighted by Gasteiger charge is 2.15. The van der Waals surface area contributed by atoms with Gasteiger partial charge in [-0.2, -0.15) is 0 Å². The number of hydrogen-bond acceptors (Lipinski definition) is 2. The Balaban J connectivity index is 2.29. The molecule has 0 bridgehead atoms. The van der Waals surface area contributed by atoms with Crippen LogP contribution in [0.25, 0.3) is 0 Å². The fourth-order valence-electron chi connectivity index (χ4n) is 2.14. The molecule has 0 aliphatic rings. The monoisotopic (exact) mass is 315 g/mol. The van der Waals surface area contributed by atoms with E-state index in [0.717, 1.165) is 24.8 Å². The number of aromatic nitrogens is 3. The van der Waals surface area contributed by atoms with E-state index in [1.54, 1.807) is 12.4 Å². The number of hydrogen-bond donors (Lipinski definition) is 1. The first kappa shape index (κ1) is 14.6. The van der Waals surface area contributed by atoms with Crippen molar-refractivity contribution in [3.63, 3.8) is 0 Å². The first-order valence-corrected chi connectivity index (χ1v) is 7.34. The van der Waals surface area contributed by atoms with Gasteiger partial charge in [0.25, 0.3) is 0 Å². The molecule has 0 saturated carbocycles. The molecule has 1 aromatic heterocycles. The molecule has 19 heavy (non-hydrogen) atoms. The van der Waals surface area contributed by atoms with E-state index in [9.17, 15) is 0 Å². The number of H-pyrrole nitrogens is 1. The molecule has 0 amide bonds. The number of benzene rings is 1. The van der Waals surface area contributed by atoms with Crippen LogP contribution in [0.1, 0.15) is 31.4 Å². The van der Waals surface area contributed by atoms with Crippen molar-refractivity contribution < 1.29 is 0 Å². The minimum absolute atomic E-state index is 0.218. The molecule has 1 aromatic carbocycles. The molecule has 0 saturated heterocycles. The molecule has 1 atom stereocenters. The van der Waals surface area contributed by atoms with Gasteiger partial charge < -0.3 is 0 Å². The van der Waals surface area contributed by atoms with E-state index in [2.05, 4.69) is 17.0 Å². The molecule has 1 unspecified atom stereocenters. The van der Waals surface area contributed by atoms with Gasteiger partial charge in [-0.3, -0.25) is 9.78 Å². The van der Waals surface area contributed by atoms with Crippen molar-refractivity contribution in [2.24, 2.45) is 0 Å². The zero-order valence-electron chi connectivity index (χ0n) is 10.6. The third-order valence-corrected chi connectivity index (χ3v) is 4.21. The minimum atomic E-state index is 0.218. The van der Waals surface area contributed by atoms with Gasteiger partial charge in [0, 0.05) is 0 Å². The normalized spacial score (nSPS) is 12.6. The summed E-state index contributed by atoms with van der Waals surface area (Å²) in [7, 11) is 0. The van der Waals surface area contributed by atoms with Crippen LogP contribution in [0, 0.1) is 4.77 Å². The van der Waals surface area contributed by atoms with Crippen molar-refractivity contribution >= 4 is 35.4 Å². The van der Waals surface area contributed by atoms with Crippen molar-refractivity contribution in [3.05, 3.63) is 44.9 Å². The Kier molecular flexibility index (Phi) is 5.02. The van der Waals surface area contributed by atoms with Crippen LogP contribution in [-0.2, 0) is 6.42 Å². The van der Waals surface area contributed by atoms with Crippen LogP contribution < -0.4 is 0 Å². The maximum atomic E-state index is 6.25. The molecule has 3 nitrogen and oxygen atoms in total. The summed E-state index contributed by atoms with van der Waals surface area (Å²) in [6.07, 6.45) is 4.46. The van der Waals surface area contributed by atoms with E-state index in [0.29, 0.717) is 14.8 Å². The fraction of sp³-hybridized carbons (Fsp3) is 0.385. The van der Waals surface area contributed by atoms with Gasteiger partial charge in [0.05, 0.1) is 16.1 Å². The maximum Gasteiger partial charge on any atom is 0.216 e. The topological polar surface area (TPSA) is 33.6 Å². The number of aromatic amines is 1. The third-order valence-electron chi connectivity index (χ3n) is 3.05. The predicted molar refractivity (Wildman–Crippen MR) is 81.5 cm³/mol. The number of halogens is 2. The van der Waals surface area contributed by atoms with Crippen LogP contribution in [0.15, 0.2) is 24.5 Å². The lowest BCUT2D eigenvalue weighted by Crippen LogP contribution is -2.14. The van der Waals surface area contributed by atoms with Crippen molar-refractivity contribution in [3.8, 4) is 0 Å². The van der Waals surface area contributed by atoms with Crippen LogP contribution >= 0.6 is 35.4 Å². The highest BCUT2D eigenvalue weighted by Crippen LogP contribution is 2.29. The summed E-state index contributed by atoms with van der Waals surface area (Å²) in [5.74, 6) is 0. The molecule has 1 heterocycles. The molecule has 2 aromatic rings. The van der Waals surface area contributed by atoms with Gasteiger partial charge in [0.2, 0.25) is 4.77 Å². The molecule has 6 heteroatoms. The molecule has 0 radical (unpaired) electrons. The Morgan fingerprint density at radius 1 is 1.42 bits per heavy atom. The van der Waals surface area contributed by atoms with Gasteiger partial charge in [-0.1, -0.05) is 48.7 Å². The molecule has 0 aliphatic heterocycles. The van der Waals surface area contributed by atoms with Crippen molar-refractivity contribution in [1.82, 2.24) is 14.8 Å². The molecule has 0 aliphatic carbocycles. The van der Waals surface area contributed by atoms with Gasteiger partial charge in [-0.25, -0.2) is 4.98 Å². The second-order valence-electron chi connectivity index (χ2n) is 4.40. The van der Waals surface area contributed by atoms with Crippen LogP contribution in [0.3, 0.4) is 0 Å². The lowest BCUT2D eigenvalue weighted by Gasteiger charge is -2.18. The van der Waals surface area contributed by atoms with Gasteiger partial charge >= 0.3 is 0 Å². The average Bonchev–Trinajstić information content (AvgIpc) is 2.80. The summed E-state index contributed by atoms with van der Waals surface area (Å²) in [5, 5.41) is 4.28. The second kappa shape index (κ2) is 6.55. The van der Waals surface area contributed by atoms with Crippen molar-refractivity contribution in [1.29, 1.82) is 0 Å². The molecule has 1 N–H and O–H groups in total. The number of nitrogens with zero attached hydrogens (tertiary/aromatic N) is 2. The third kappa shape index (κ3) is 3.38. The highest BCUT2D eigenvalue weighted by atomic mass is 35.5. The predicted octanol–water partition coefficient (Wildman–Crippen LogP) is 4.83. The van der Waals surface area contributed by atoms with E-state index in [-0.39, 0.29) is 6.04 Å². The molecule has 0 spiro atoms. The van der Waals surface area contributed by atoms with Crippen LogP contribution in [-0.4, -0.2) is 14.8 Å². The maximum absolute atomic E-state index is 6.25. The van der Waals surface area contributed by atoms with Crippen molar-refractivity contribution in [2.45, 2.75) is 32.2 Å². The van der Waals surface area contributed by atoms with E-state index < -0.39 is 0 Å². The Morgan fingerprint density at radius 2 is 2.21 bits per heavy atom. The SMILES string of the molecule is CCCC(Cc1cccc(Cl)c1Cl)n1[nH]cnc1=S. The average molecular weight is 316 g/mol. The molecule has 0 fully saturated rings. The lowest BCUT2D eigenvalue weighted by molar-refractivity contribution is 0.413. The minimum Gasteiger partial charge on any atom is -0.285 e. The Morgan fingerprint density at radius 3 is 2.84 bits per heavy atom. The summed E-state index contributed by atoms with van der Waals surface area (Å²) < 4.78 is 2.48. The van der Waals surface area contributed by atoms with Gasteiger partial charge in [0.15, 0.2) is 0 Å². The zero-order chi connectivity index (χ0) is 13.8. The molecule has 102 valence electrons. The second-order valence-corrected chi connectivity index (χ2v) is 5.55. The summed E-state index contributed by atoms with van der Waals surface area (Å²) in [4.78, 5) is 4.06. The van der Waals surface area contributed by atoms with Gasteiger partial charge in [-0.05, 0) is 36.7 Å². The first-order chi connectivity index (χ1) is 9.13. The largest absolute Gasteiger partial charge is 0.285 e. The van der Waals surface area contributed by atoms with Crippen molar-refractivity contribution in [2.75, 3.05) is 0 Å². The first-order valence-electron chi connectivity index (χ1n) is 6.18. The van der Waals surface area contributed by atoms with Crippen LogP contribution in [0.5, 0.6) is 0 Å². The van der Waals surface area contributed by atoms with E-state index in [1.165, 1.54) is 0 Å². The fourth-order valence-corrected chi connectivity index (χ4v) is 2.79. The number of rotatable bonds is 5. The van der Waals surface area contributed by atoms with E-state index in [4.69, 9.17) is 35.4 Å². The van der Waals surface area contributed by atoms with Gasteiger partial charge in [0.1, 0.15) is 6.33 Å². The number of nitrogens with one attached hydrogen (secondary N) is 1. The Hall–Kier alpha value is -0.840. The quantitative estimate of drug-likeness (QED) is 0.802. The lowest BCUT2D eigenvalue weighted by atomic mass is 10.0. The summed E-state index contributed by atoms with van der Waals surface area (Å²) in [5.41, 5.74) is 1.03. The smallest absolute Gasteiger partial charge is 0.216 e. The molecular weight excluding hydrogens is 301 g/mol. The molecule has 2 rings (SSSR count). The summed E-state index contributed by atoms with van der Waals surface area (Å²) in [6.45, 7) is 2.15. The van der Waals surface area contributed by atoms with Gasteiger partial charge in [-0.15, -0.1) is 0 Å².